The highest BCUT2D eigenvalue weighted by Crippen LogP contribution is 2.37. The van der Waals surface area contributed by atoms with Crippen molar-refractivity contribution in [2.24, 2.45) is 11.3 Å². The number of aryl methyl sites for hydroxylation is 2. The van der Waals surface area contributed by atoms with Crippen LogP contribution in [0.3, 0.4) is 0 Å². The van der Waals surface area contributed by atoms with E-state index in [0.717, 1.165) is 56.6 Å². The second-order valence-corrected chi connectivity index (χ2v) is 9.79. The Morgan fingerprint density at radius 3 is 2.76 bits per heavy atom. The number of anilines is 1. The van der Waals surface area contributed by atoms with Gasteiger partial charge in [0.2, 0.25) is 0 Å². The number of carbonyl (C=O) groups is 2. The Kier molecular flexibility index (Phi) is 8.67. The minimum Gasteiger partial charge on any atom is -0.480 e. The number of carboxylic acid groups (broad SMARTS) is 1. The number of carbonyl (C=O) groups excluding carboxylic acids is 1. The number of aliphatic hydroxyl groups is 1. The lowest BCUT2D eigenvalue weighted by atomic mass is 9.76. The van der Waals surface area contributed by atoms with Gasteiger partial charge in [-0.25, -0.2) is 9.78 Å². The molecule has 1 atom stereocenters. The number of hydrogen-bond acceptors (Lipinski definition) is 8. The maximum absolute atomic E-state index is 12.7. The first kappa shape index (κ1) is 25.4. The molecular formula is C24H37N3O6. The zero-order valence-corrected chi connectivity index (χ0v) is 19.9. The first-order valence-electron chi connectivity index (χ1n) is 11.8. The molecule has 0 unspecified atom stereocenters. The molecular weight excluding hydrogens is 426 g/mol. The normalized spacial score (nSPS) is 21.0. The summed E-state index contributed by atoms with van der Waals surface area (Å²) in [6, 6.07) is 2.97. The highest BCUT2D eigenvalue weighted by molar-refractivity contribution is 5.77. The maximum atomic E-state index is 12.7. The highest BCUT2D eigenvalue weighted by Gasteiger charge is 2.43. The van der Waals surface area contributed by atoms with E-state index in [1.165, 1.54) is 17.7 Å². The Balaban J connectivity index is 1.59. The fourth-order valence-electron chi connectivity index (χ4n) is 4.52. The molecule has 9 nitrogen and oxygen atoms in total. The molecule has 1 aliphatic carbocycles. The molecule has 3 N–H and O–H groups in total. The molecule has 0 aromatic carbocycles. The molecule has 1 fully saturated rings. The van der Waals surface area contributed by atoms with Crippen LogP contribution in [0, 0.1) is 11.3 Å². The number of ether oxygens (including phenoxy) is 1. The summed E-state index contributed by atoms with van der Waals surface area (Å²) in [6.07, 6.45) is 5.44. The van der Waals surface area contributed by atoms with E-state index < -0.39 is 23.4 Å². The quantitative estimate of drug-likeness (QED) is 0.401. The van der Waals surface area contributed by atoms with Gasteiger partial charge in [0.25, 0.3) is 0 Å². The second kappa shape index (κ2) is 11.3. The number of aliphatic hydroxyl groups excluding tert-OH is 1. The molecule has 1 aliphatic heterocycles. The number of hydroxylamine groups is 2. The molecule has 3 rings (SSSR count). The van der Waals surface area contributed by atoms with Crippen molar-refractivity contribution in [3.8, 4) is 0 Å². The topological polar surface area (TPSA) is 121 Å². The van der Waals surface area contributed by atoms with Gasteiger partial charge in [-0.05, 0) is 76.3 Å². The summed E-state index contributed by atoms with van der Waals surface area (Å²) in [5.74, 6) is -0.258. The van der Waals surface area contributed by atoms with Gasteiger partial charge in [0.15, 0.2) is 0 Å². The maximum Gasteiger partial charge on any atom is 0.332 e. The summed E-state index contributed by atoms with van der Waals surface area (Å²) in [5.41, 5.74) is 1.41. The van der Waals surface area contributed by atoms with Gasteiger partial charge < -0.3 is 25.1 Å². The smallest absolute Gasteiger partial charge is 0.332 e. The van der Waals surface area contributed by atoms with Crippen molar-refractivity contribution in [3.05, 3.63) is 23.4 Å². The zero-order chi connectivity index (χ0) is 24.0. The van der Waals surface area contributed by atoms with E-state index in [2.05, 4.69) is 17.4 Å². The van der Waals surface area contributed by atoms with Crippen molar-refractivity contribution in [1.82, 2.24) is 10.0 Å². The summed E-state index contributed by atoms with van der Waals surface area (Å²) >= 11 is 0. The largest absolute Gasteiger partial charge is 0.480 e. The molecule has 0 spiro atoms. The number of aliphatic carboxylic acids is 1. The standard InChI is InChI=1S/C24H37N3O6/c1-24(2,15-32-3)23(31)33-27(20(10-12-28)22(29)30)19-13-16(14-19)6-8-18-9-7-17-5-4-11-25-21(17)26-18/h7,9,16,19-20,28H,4-6,8,10-15H2,1-3H3,(H,25,26)(H,29,30)/t16?,19?,20-/m0/s1. The van der Waals surface area contributed by atoms with E-state index in [1.807, 2.05) is 0 Å². The Morgan fingerprint density at radius 2 is 2.09 bits per heavy atom. The molecule has 184 valence electrons. The molecule has 9 heteroatoms. The first-order valence-corrected chi connectivity index (χ1v) is 11.8. The minimum atomic E-state index is -1.12. The number of hydrogen-bond donors (Lipinski definition) is 3. The molecule has 0 bridgehead atoms. The van der Waals surface area contributed by atoms with Gasteiger partial charge in [0.1, 0.15) is 11.9 Å². The highest BCUT2D eigenvalue weighted by atomic mass is 16.7. The van der Waals surface area contributed by atoms with Crippen molar-refractivity contribution in [2.75, 3.05) is 32.2 Å². The number of carboxylic acids is 1. The van der Waals surface area contributed by atoms with Gasteiger partial charge in [-0.1, -0.05) is 6.07 Å². The van der Waals surface area contributed by atoms with E-state index in [0.29, 0.717) is 5.92 Å². The number of fused-ring (bicyclic) bond motifs is 1. The number of nitrogens with one attached hydrogen (secondary N) is 1. The Morgan fingerprint density at radius 1 is 1.33 bits per heavy atom. The van der Waals surface area contributed by atoms with E-state index >= 15 is 0 Å². The van der Waals surface area contributed by atoms with Gasteiger partial charge in [0.05, 0.1) is 12.0 Å². The molecule has 0 radical (unpaired) electrons. The number of methoxy groups -OCH3 is 1. The Labute approximate surface area is 195 Å². The van der Waals surface area contributed by atoms with Crippen LogP contribution in [0.2, 0.25) is 0 Å². The van der Waals surface area contributed by atoms with E-state index in [1.54, 1.807) is 13.8 Å². The predicted molar refractivity (Wildman–Crippen MR) is 123 cm³/mol. The number of aromatic nitrogens is 1. The average Bonchev–Trinajstić information content (AvgIpc) is 2.75. The second-order valence-electron chi connectivity index (χ2n) is 9.79. The van der Waals surface area contributed by atoms with E-state index in [4.69, 9.17) is 14.6 Å². The van der Waals surface area contributed by atoms with Gasteiger partial charge in [-0.2, -0.15) is 0 Å². The van der Waals surface area contributed by atoms with Crippen molar-refractivity contribution in [3.63, 3.8) is 0 Å². The molecule has 1 aromatic rings. The fourth-order valence-corrected chi connectivity index (χ4v) is 4.52. The van der Waals surface area contributed by atoms with Crippen molar-refractivity contribution in [2.45, 2.75) is 70.9 Å². The molecule has 0 amide bonds. The average molecular weight is 464 g/mol. The van der Waals surface area contributed by atoms with Crippen LogP contribution in [-0.4, -0.2) is 71.2 Å². The van der Waals surface area contributed by atoms with Gasteiger partial charge in [0, 0.05) is 32.0 Å². The Hall–Kier alpha value is -2.23. The zero-order valence-electron chi connectivity index (χ0n) is 19.9. The molecule has 33 heavy (non-hydrogen) atoms. The number of pyridine rings is 1. The van der Waals surface area contributed by atoms with Crippen LogP contribution in [0.1, 0.15) is 57.2 Å². The predicted octanol–water partition coefficient (Wildman–Crippen LogP) is 2.42. The van der Waals surface area contributed by atoms with E-state index in [-0.39, 0.29) is 25.7 Å². The summed E-state index contributed by atoms with van der Waals surface area (Å²) in [6.45, 7) is 4.21. The summed E-state index contributed by atoms with van der Waals surface area (Å²) < 4.78 is 5.11. The lowest BCUT2D eigenvalue weighted by Gasteiger charge is -2.44. The van der Waals surface area contributed by atoms with Crippen LogP contribution in [0.25, 0.3) is 0 Å². The van der Waals surface area contributed by atoms with Gasteiger partial charge in [-0.15, -0.1) is 5.06 Å². The van der Waals surface area contributed by atoms with Gasteiger partial charge in [-0.3, -0.25) is 4.79 Å². The summed E-state index contributed by atoms with van der Waals surface area (Å²) in [4.78, 5) is 35.0. The van der Waals surface area contributed by atoms with Crippen molar-refractivity contribution >= 4 is 17.8 Å². The number of rotatable bonds is 12. The third-order valence-electron chi connectivity index (χ3n) is 6.57. The van der Waals surface area contributed by atoms with Crippen LogP contribution >= 0.6 is 0 Å². The fraction of sp³-hybridized carbons (Fsp3) is 0.708. The lowest BCUT2D eigenvalue weighted by Crippen LogP contribution is -2.54. The SMILES string of the molecule is COCC(C)(C)C(=O)ON(C1CC(CCc2ccc3c(n2)NCCC3)C1)[C@@H](CCO)C(=O)O. The number of nitrogens with zero attached hydrogens (tertiary/aromatic N) is 2. The Bertz CT molecular complexity index is 824. The van der Waals surface area contributed by atoms with Crippen LogP contribution in [0.4, 0.5) is 5.82 Å². The van der Waals surface area contributed by atoms with Gasteiger partial charge >= 0.3 is 11.9 Å². The molecule has 2 aliphatic rings. The minimum absolute atomic E-state index is 0.0134. The third kappa shape index (κ3) is 6.43. The third-order valence-corrected chi connectivity index (χ3v) is 6.57. The molecule has 1 saturated carbocycles. The van der Waals surface area contributed by atoms with Crippen LogP contribution < -0.4 is 5.32 Å². The molecule has 1 aromatic heterocycles. The monoisotopic (exact) mass is 463 g/mol. The van der Waals surface area contributed by atoms with E-state index in [9.17, 15) is 19.8 Å². The van der Waals surface area contributed by atoms with Crippen LogP contribution in [0.5, 0.6) is 0 Å². The molecule has 2 heterocycles. The summed E-state index contributed by atoms with van der Waals surface area (Å²) in [7, 11) is 1.50. The lowest BCUT2D eigenvalue weighted by molar-refractivity contribution is -0.242. The first-order chi connectivity index (χ1) is 15.7. The summed E-state index contributed by atoms with van der Waals surface area (Å²) in [5, 5.41) is 23.7. The van der Waals surface area contributed by atoms with Crippen LogP contribution in [0.15, 0.2) is 12.1 Å². The van der Waals surface area contributed by atoms with Crippen molar-refractivity contribution < 1.29 is 29.4 Å². The molecule has 0 saturated heterocycles. The van der Waals surface area contributed by atoms with Crippen molar-refractivity contribution in [1.29, 1.82) is 0 Å². The van der Waals surface area contributed by atoms with Crippen LogP contribution in [-0.2, 0) is 32.0 Å².